The van der Waals surface area contributed by atoms with E-state index in [1.54, 1.807) is 24.5 Å². The molecule has 0 spiro atoms. The quantitative estimate of drug-likeness (QED) is 0.388. The summed E-state index contributed by atoms with van der Waals surface area (Å²) in [6, 6.07) is 22.8. The van der Waals surface area contributed by atoms with Crippen molar-refractivity contribution in [2.24, 2.45) is 0 Å². The molecule has 0 aliphatic heterocycles. The standard InChI is InChI=1S/C27H20N4O2/c32-27(33)24-15-22(29-25-11-5-4-10-23(24)25)13-12-21-18-31(17-19-7-2-1-3-8-19)30-26(21)20-9-6-14-28-16-20/h1-16,18H,17H2,(H,32,33)/b13-12+. The van der Waals surface area contributed by atoms with Crippen LogP contribution in [0.4, 0.5) is 0 Å². The maximum atomic E-state index is 11.8. The highest BCUT2D eigenvalue weighted by Crippen LogP contribution is 2.25. The van der Waals surface area contributed by atoms with E-state index in [1.165, 1.54) is 0 Å². The first-order valence-corrected chi connectivity index (χ1v) is 10.5. The number of fused-ring (bicyclic) bond motifs is 1. The minimum absolute atomic E-state index is 0.229. The van der Waals surface area contributed by atoms with Crippen LogP contribution in [0.2, 0.25) is 0 Å². The van der Waals surface area contributed by atoms with Gasteiger partial charge in [0, 0.05) is 35.1 Å². The topological polar surface area (TPSA) is 80.9 Å². The van der Waals surface area contributed by atoms with Crippen LogP contribution in [-0.4, -0.2) is 30.8 Å². The number of carboxylic acid groups (broad SMARTS) is 1. The van der Waals surface area contributed by atoms with E-state index in [0.29, 0.717) is 23.1 Å². The molecule has 0 aliphatic carbocycles. The Labute approximate surface area is 190 Å². The molecule has 0 fully saturated rings. The molecule has 6 nitrogen and oxygen atoms in total. The van der Waals surface area contributed by atoms with E-state index in [1.807, 2.05) is 71.6 Å². The first-order chi connectivity index (χ1) is 16.2. The number of pyridine rings is 2. The molecule has 2 aromatic carbocycles. The van der Waals surface area contributed by atoms with Crippen LogP contribution in [-0.2, 0) is 6.54 Å². The Morgan fingerprint density at radius 2 is 1.79 bits per heavy atom. The molecule has 3 heterocycles. The Morgan fingerprint density at radius 1 is 0.970 bits per heavy atom. The highest BCUT2D eigenvalue weighted by Gasteiger charge is 2.12. The van der Waals surface area contributed by atoms with E-state index in [0.717, 1.165) is 22.4 Å². The zero-order valence-corrected chi connectivity index (χ0v) is 17.7. The van der Waals surface area contributed by atoms with Gasteiger partial charge in [0.15, 0.2) is 0 Å². The van der Waals surface area contributed by atoms with Crippen LogP contribution in [0.3, 0.4) is 0 Å². The smallest absolute Gasteiger partial charge is 0.336 e. The van der Waals surface area contributed by atoms with Crippen LogP contribution in [0, 0.1) is 0 Å². The van der Waals surface area contributed by atoms with Crippen molar-refractivity contribution in [2.45, 2.75) is 6.54 Å². The van der Waals surface area contributed by atoms with Gasteiger partial charge in [0.1, 0.15) is 5.69 Å². The Kier molecular flexibility index (Phi) is 5.47. The fourth-order valence-corrected chi connectivity index (χ4v) is 3.77. The molecular weight excluding hydrogens is 412 g/mol. The molecule has 3 aromatic heterocycles. The van der Waals surface area contributed by atoms with Gasteiger partial charge in [-0.2, -0.15) is 5.10 Å². The van der Waals surface area contributed by atoms with Crippen LogP contribution in [0.5, 0.6) is 0 Å². The molecular formula is C27H20N4O2. The van der Waals surface area contributed by atoms with Gasteiger partial charge in [0.25, 0.3) is 0 Å². The van der Waals surface area contributed by atoms with Gasteiger partial charge in [-0.25, -0.2) is 9.78 Å². The van der Waals surface area contributed by atoms with Gasteiger partial charge in [-0.1, -0.05) is 48.5 Å². The highest BCUT2D eigenvalue weighted by atomic mass is 16.4. The van der Waals surface area contributed by atoms with Gasteiger partial charge in [0.2, 0.25) is 0 Å². The number of aromatic nitrogens is 4. The molecule has 0 saturated carbocycles. The van der Waals surface area contributed by atoms with Crippen molar-refractivity contribution in [2.75, 3.05) is 0 Å². The maximum absolute atomic E-state index is 11.8. The number of nitrogens with zero attached hydrogens (tertiary/aromatic N) is 4. The second-order valence-corrected chi connectivity index (χ2v) is 7.61. The Balaban J connectivity index is 1.55. The summed E-state index contributed by atoms with van der Waals surface area (Å²) in [5.74, 6) is -0.977. The molecule has 0 saturated heterocycles. The highest BCUT2D eigenvalue weighted by molar-refractivity contribution is 6.03. The second-order valence-electron chi connectivity index (χ2n) is 7.61. The van der Waals surface area contributed by atoms with Gasteiger partial charge in [-0.05, 0) is 42.0 Å². The van der Waals surface area contributed by atoms with E-state index in [4.69, 9.17) is 5.10 Å². The zero-order valence-electron chi connectivity index (χ0n) is 17.7. The number of para-hydroxylation sites is 1. The number of rotatable bonds is 6. The van der Waals surface area contributed by atoms with Crippen molar-refractivity contribution < 1.29 is 9.90 Å². The summed E-state index contributed by atoms with van der Waals surface area (Å²) in [6.45, 7) is 0.638. The Morgan fingerprint density at radius 3 is 2.58 bits per heavy atom. The fourth-order valence-electron chi connectivity index (χ4n) is 3.77. The lowest BCUT2D eigenvalue weighted by molar-refractivity contribution is 0.0699. The molecule has 0 aliphatic rings. The zero-order chi connectivity index (χ0) is 22.6. The Bertz CT molecular complexity index is 1460. The number of carbonyl (C=O) groups is 1. The van der Waals surface area contributed by atoms with Crippen molar-refractivity contribution in [3.05, 3.63) is 114 Å². The summed E-state index contributed by atoms with van der Waals surface area (Å²) in [7, 11) is 0. The third kappa shape index (κ3) is 4.41. The summed E-state index contributed by atoms with van der Waals surface area (Å²) in [5, 5.41) is 15.1. The molecule has 0 atom stereocenters. The average molecular weight is 432 g/mol. The SMILES string of the molecule is O=C(O)c1cc(/C=C/c2cn(Cc3ccccc3)nc2-c2cccnc2)nc2ccccc12. The van der Waals surface area contributed by atoms with E-state index >= 15 is 0 Å². The predicted octanol–water partition coefficient (Wildman–Crippen LogP) is 5.41. The molecule has 6 heteroatoms. The van der Waals surface area contributed by atoms with Crippen molar-refractivity contribution >= 4 is 29.0 Å². The fraction of sp³-hybridized carbons (Fsp3) is 0.0370. The van der Waals surface area contributed by atoms with Crippen molar-refractivity contribution in [1.82, 2.24) is 19.7 Å². The summed E-state index contributed by atoms with van der Waals surface area (Å²) in [5.41, 5.74) is 5.19. The summed E-state index contributed by atoms with van der Waals surface area (Å²) < 4.78 is 1.90. The molecule has 5 aromatic rings. The first kappa shape index (κ1) is 20.3. The monoisotopic (exact) mass is 432 g/mol. The lowest BCUT2D eigenvalue weighted by Crippen LogP contribution is -2.00. The van der Waals surface area contributed by atoms with Crippen LogP contribution in [0.25, 0.3) is 34.3 Å². The lowest BCUT2D eigenvalue weighted by Gasteiger charge is -2.04. The van der Waals surface area contributed by atoms with Gasteiger partial charge in [0.05, 0.1) is 23.3 Å². The second kappa shape index (κ2) is 8.88. The number of hydrogen-bond acceptors (Lipinski definition) is 4. The normalized spacial score (nSPS) is 11.3. The van der Waals surface area contributed by atoms with Crippen molar-refractivity contribution in [3.63, 3.8) is 0 Å². The Hall–Kier alpha value is -4.58. The molecule has 1 N–H and O–H groups in total. The molecule has 160 valence electrons. The van der Waals surface area contributed by atoms with Gasteiger partial charge in [-0.3, -0.25) is 9.67 Å². The van der Waals surface area contributed by atoms with Crippen LogP contribution in [0.1, 0.15) is 27.2 Å². The van der Waals surface area contributed by atoms with E-state index in [9.17, 15) is 9.90 Å². The molecule has 0 radical (unpaired) electrons. The van der Waals surface area contributed by atoms with E-state index < -0.39 is 5.97 Å². The van der Waals surface area contributed by atoms with Crippen LogP contribution >= 0.6 is 0 Å². The first-order valence-electron chi connectivity index (χ1n) is 10.5. The number of carboxylic acids is 1. The third-order valence-corrected chi connectivity index (χ3v) is 5.31. The third-order valence-electron chi connectivity index (χ3n) is 5.31. The lowest BCUT2D eigenvalue weighted by atomic mass is 10.1. The van der Waals surface area contributed by atoms with Gasteiger partial charge < -0.3 is 5.11 Å². The summed E-state index contributed by atoms with van der Waals surface area (Å²) in [4.78, 5) is 20.6. The van der Waals surface area contributed by atoms with Crippen LogP contribution in [0.15, 0.2) is 91.4 Å². The van der Waals surface area contributed by atoms with Crippen molar-refractivity contribution in [3.8, 4) is 11.3 Å². The summed E-state index contributed by atoms with van der Waals surface area (Å²) in [6.07, 6.45) is 9.23. The van der Waals surface area contributed by atoms with Crippen molar-refractivity contribution in [1.29, 1.82) is 0 Å². The van der Waals surface area contributed by atoms with E-state index in [2.05, 4.69) is 22.1 Å². The number of aromatic carboxylic acids is 1. The summed E-state index contributed by atoms with van der Waals surface area (Å²) >= 11 is 0. The molecule has 0 amide bonds. The molecule has 5 rings (SSSR count). The predicted molar refractivity (Wildman–Crippen MR) is 129 cm³/mol. The molecule has 0 unspecified atom stereocenters. The number of benzene rings is 2. The average Bonchev–Trinajstić information content (AvgIpc) is 3.25. The maximum Gasteiger partial charge on any atom is 0.336 e. The van der Waals surface area contributed by atoms with E-state index in [-0.39, 0.29) is 5.56 Å². The minimum Gasteiger partial charge on any atom is -0.478 e. The number of hydrogen-bond donors (Lipinski definition) is 1. The largest absolute Gasteiger partial charge is 0.478 e. The molecule has 0 bridgehead atoms. The molecule has 33 heavy (non-hydrogen) atoms. The van der Waals surface area contributed by atoms with Gasteiger partial charge in [-0.15, -0.1) is 0 Å². The van der Waals surface area contributed by atoms with Crippen LogP contribution < -0.4 is 0 Å². The minimum atomic E-state index is -0.977. The van der Waals surface area contributed by atoms with Gasteiger partial charge >= 0.3 is 5.97 Å².